The first-order chi connectivity index (χ1) is 11.7. The number of aryl methyl sites for hydroxylation is 1. The highest BCUT2D eigenvalue weighted by atomic mass is 35.5. The van der Waals surface area contributed by atoms with E-state index < -0.39 is 11.2 Å². The normalized spacial score (nSPS) is 21.1. The third-order valence-corrected chi connectivity index (χ3v) is 4.66. The highest BCUT2D eigenvalue weighted by molar-refractivity contribution is 6.29. The van der Waals surface area contributed by atoms with Crippen LogP contribution in [0.1, 0.15) is 13.8 Å². The van der Waals surface area contributed by atoms with Crippen LogP contribution in [-0.2, 0) is 30.2 Å². The van der Waals surface area contributed by atoms with E-state index in [2.05, 4.69) is 4.98 Å². The van der Waals surface area contributed by atoms with Crippen molar-refractivity contribution in [3.8, 4) is 0 Å². The number of fused-ring (bicyclic) bond motifs is 1. The third kappa shape index (κ3) is 2.98. The summed E-state index contributed by atoms with van der Waals surface area (Å²) in [6.07, 6.45) is -0.118. The van der Waals surface area contributed by atoms with Gasteiger partial charge in [0.2, 0.25) is 11.2 Å². The first-order valence-corrected chi connectivity index (χ1v) is 8.33. The minimum absolute atomic E-state index is 0.00370. The van der Waals surface area contributed by atoms with Gasteiger partial charge in [-0.1, -0.05) is 0 Å². The topological polar surface area (TPSA) is 91.4 Å². The van der Waals surface area contributed by atoms with Crippen LogP contribution in [0.4, 0.5) is 0 Å². The Hall–Kier alpha value is -2.13. The molecule has 10 heteroatoms. The Balaban J connectivity index is 2.02. The zero-order valence-electron chi connectivity index (χ0n) is 14.5. The van der Waals surface area contributed by atoms with Crippen LogP contribution in [-0.4, -0.2) is 54.8 Å². The van der Waals surface area contributed by atoms with Crippen molar-refractivity contribution in [2.45, 2.75) is 32.6 Å². The second kappa shape index (κ2) is 6.30. The summed E-state index contributed by atoms with van der Waals surface area (Å²) >= 11 is 6.15. The molecule has 136 valence electrons. The van der Waals surface area contributed by atoms with Gasteiger partial charge in [-0.25, -0.2) is 4.79 Å². The number of ether oxygens (including phenoxy) is 1. The number of aromatic nitrogens is 4. The molecule has 1 fully saturated rings. The van der Waals surface area contributed by atoms with E-state index in [-0.39, 0.29) is 41.1 Å². The molecular formula is C15H20ClN5O4. The molecule has 2 atom stereocenters. The summed E-state index contributed by atoms with van der Waals surface area (Å²) < 4.78 is 9.19. The summed E-state index contributed by atoms with van der Waals surface area (Å²) in [7, 11) is 2.88. The fourth-order valence-corrected chi connectivity index (χ4v) is 3.41. The lowest BCUT2D eigenvalue weighted by atomic mass is 10.2. The number of rotatable bonds is 2. The van der Waals surface area contributed by atoms with Crippen molar-refractivity contribution in [1.29, 1.82) is 0 Å². The van der Waals surface area contributed by atoms with E-state index in [0.717, 1.165) is 4.57 Å². The van der Waals surface area contributed by atoms with E-state index in [4.69, 9.17) is 16.3 Å². The molecule has 0 aliphatic carbocycles. The predicted molar refractivity (Wildman–Crippen MR) is 91.8 cm³/mol. The maximum atomic E-state index is 12.7. The maximum absolute atomic E-state index is 12.7. The molecule has 25 heavy (non-hydrogen) atoms. The number of carbonyl (C=O) groups excluding carboxylic acids is 1. The van der Waals surface area contributed by atoms with Gasteiger partial charge in [0.05, 0.1) is 12.2 Å². The number of nitrogens with zero attached hydrogens (tertiary/aromatic N) is 5. The van der Waals surface area contributed by atoms with Crippen LogP contribution in [0, 0.1) is 0 Å². The molecule has 1 aliphatic rings. The van der Waals surface area contributed by atoms with Gasteiger partial charge in [-0.05, 0) is 25.4 Å². The lowest BCUT2D eigenvalue weighted by Crippen LogP contribution is -2.49. The second-order valence-corrected chi connectivity index (χ2v) is 6.74. The van der Waals surface area contributed by atoms with Crippen molar-refractivity contribution in [1.82, 2.24) is 23.6 Å². The Kier molecular flexibility index (Phi) is 4.46. The number of hydrogen-bond donors (Lipinski definition) is 0. The Morgan fingerprint density at radius 2 is 1.80 bits per heavy atom. The van der Waals surface area contributed by atoms with E-state index >= 15 is 0 Å². The van der Waals surface area contributed by atoms with Crippen LogP contribution in [0.25, 0.3) is 11.2 Å². The van der Waals surface area contributed by atoms with Gasteiger partial charge in [0.1, 0.15) is 6.54 Å². The van der Waals surface area contributed by atoms with Crippen LogP contribution in [0.2, 0.25) is 5.28 Å². The largest absolute Gasteiger partial charge is 0.372 e. The van der Waals surface area contributed by atoms with Gasteiger partial charge in [-0.2, -0.15) is 4.98 Å². The number of halogens is 1. The Morgan fingerprint density at radius 3 is 2.40 bits per heavy atom. The molecule has 0 bridgehead atoms. The molecule has 0 N–H and O–H groups in total. The number of hydrogen-bond acceptors (Lipinski definition) is 5. The minimum Gasteiger partial charge on any atom is -0.372 e. The maximum Gasteiger partial charge on any atom is 0.332 e. The van der Waals surface area contributed by atoms with Crippen molar-refractivity contribution in [2.24, 2.45) is 14.1 Å². The van der Waals surface area contributed by atoms with Crippen molar-refractivity contribution in [3.05, 3.63) is 26.1 Å². The molecular weight excluding hydrogens is 350 g/mol. The van der Waals surface area contributed by atoms with Gasteiger partial charge in [-0.15, -0.1) is 0 Å². The molecule has 2 aromatic heterocycles. The quantitative estimate of drug-likeness (QED) is 0.679. The monoisotopic (exact) mass is 369 g/mol. The van der Waals surface area contributed by atoms with Crippen LogP contribution in [0.15, 0.2) is 9.59 Å². The first-order valence-electron chi connectivity index (χ1n) is 7.95. The van der Waals surface area contributed by atoms with Gasteiger partial charge in [0.15, 0.2) is 11.2 Å². The summed E-state index contributed by atoms with van der Waals surface area (Å²) in [5, 5.41) is -0.00370. The van der Waals surface area contributed by atoms with Crippen molar-refractivity contribution in [3.63, 3.8) is 0 Å². The van der Waals surface area contributed by atoms with Gasteiger partial charge in [-0.3, -0.25) is 23.3 Å². The molecule has 3 rings (SSSR count). The summed E-state index contributed by atoms with van der Waals surface area (Å²) in [5.74, 6) is -0.181. The molecule has 0 saturated carbocycles. The van der Waals surface area contributed by atoms with Crippen molar-refractivity contribution in [2.75, 3.05) is 13.1 Å². The number of carbonyl (C=O) groups is 1. The molecule has 9 nitrogen and oxygen atoms in total. The van der Waals surface area contributed by atoms with E-state index in [0.29, 0.717) is 13.1 Å². The number of morpholine rings is 1. The average Bonchev–Trinajstić information content (AvgIpc) is 2.87. The van der Waals surface area contributed by atoms with Crippen molar-refractivity contribution < 1.29 is 9.53 Å². The summed E-state index contributed by atoms with van der Waals surface area (Å²) in [4.78, 5) is 43.0. The first kappa shape index (κ1) is 17.7. The van der Waals surface area contributed by atoms with Gasteiger partial charge < -0.3 is 9.64 Å². The van der Waals surface area contributed by atoms with Crippen molar-refractivity contribution >= 4 is 28.7 Å². The zero-order chi connectivity index (χ0) is 18.5. The lowest BCUT2D eigenvalue weighted by Gasteiger charge is -2.35. The SMILES string of the molecule is C[C@@H]1CN(C(=O)Cn2c(Cl)nc3c2c(=O)n(C)c(=O)n3C)C[C@H](C)O1. The van der Waals surface area contributed by atoms with Crippen LogP contribution < -0.4 is 11.2 Å². The van der Waals surface area contributed by atoms with E-state index in [1.54, 1.807) is 4.90 Å². The molecule has 2 aromatic rings. The summed E-state index contributed by atoms with van der Waals surface area (Å²) in [6, 6.07) is 0. The molecule has 1 aliphatic heterocycles. The molecule has 0 aromatic carbocycles. The number of amides is 1. The Morgan fingerprint density at radius 1 is 1.20 bits per heavy atom. The molecule has 3 heterocycles. The van der Waals surface area contributed by atoms with E-state index in [9.17, 15) is 14.4 Å². The van der Waals surface area contributed by atoms with Crippen LogP contribution in [0.5, 0.6) is 0 Å². The zero-order valence-corrected chi connectivity index (χ0v) is 15.3. The fraction of sp³-hybridized carbons (Fsp3) is 0.600. The van der Waals surface area contributed by atoms with E-state index in [1.165, 1.54) is 23.2 Å². The van der Waals surface area contributed by atoms with Gasteiger partial charge in [0, 0.05) is 27.2 Å². The van der Waals surface area contributed by atoms with E-state index in [1.807, 2.05) is 13.8 Å². The third-order valence-electron chi connectivity index (χ3n) is 4.37. The summed E-state index contributed by atoms with van der Waals surface area (Å²) in [6.45, 7) is 4.64. The van der Waals surface area contributed by atoms with Crippen LogP contribution in [0.3, 0.4) is 0 Å². The Bertz CT molecular complexity index is 949. The fourth-order valence-electron chi connectivity index (χ4n) is 3.18. The van der Waals surface area contributed by atoms with Crippen LogP contribution >= 0.6 is 11.6 Å². The highest BCUT2D eigenvalue weighted by Gasteiger charge is 2.27. The molecule has 0 spiro atoms. The molecule has 0 unspecified atom stereocenters. The second-order valence-electron chi connectivity index (χ2n) is 6.40. The highest BCUT2D eigenvalue weighted by Crippen LogP contribution is 2.17. The lowest BCUT2D eigenvalue weighted by molar-refractivity contribution is -0.143. The van der Waals surface area contributed by atoms with Gasteiger partial charge >= 0.3 is 5.69 Å². The Labute approximate surface area is 148 Å². The summed E-state index contributed by atoms with van der Waals surface area (Å²) in [5.41, 5.74) is -0.734. The predicted octanol–water partition coefficient (Wildman–Crippen LogP) is -0.277. The van der Waals surface area contributed by atoms with Gasteiger partial charge in [0.25, 0.3) is 5.56 Å². The molecule has 1 saturated heterocycles. The number of imidazole rings is 1. The average molecular weight is 370 g/mol. The molecule has 0 radical (unpaired) electrons. The smallest absolute Gasteiger partial charge is 0.332 e. The molecule has 1 amide bonds. The standard InChI is InChI=1S/C15H20ClN5O4/c1-8-5-20(6-9(2)25-8)10(22)7-21-11-12(17-14(21)16)18(3)15(24)19(4)13(11)23/h8-9H,5-7H2,1-4H3/t8-,9+. The minimum atomic E-state index is -0.533.